The van der Waals surface area contributed by atoms with E-state index in [2.05, 4.69) is 15.0 Å². The van der Waals surface area contributed by atoms with Crippen LogP contribution >= 0.6 is 0 Å². The van der Waals surface area contributed by atoms with Crippen molar-refractivity contribution in [2.45, 2.75) is 12.7 Å². The van der Waals surface area contributed by atoms with E-state index in [0.29, 0.717) is 5.76 Å². The second-order valence-electron chi connectivity index (χ2n) is 4.37. The van der Waals surface area contributed by atoms with Gasteiger partial charge in [-0.25, -0.2) is 4.98 Å². The first kappa shape index (κ1) is 16.0. The summed E-state index contributed by atoms with van der Waals surface area (Å²) in [4.78, 5) is 15.3. The van der Waals surface area contributed by atoms with E-state index in [1.165, 1.54) is 6.20 Å². The van der Waals surface area contributed by atoms with Crippen LogP contribution in [0.2, 0.25) is 0 Å². The van der Waals surface area contributed by atoms with E-state index in [-0.39, 0.29) is 12.4 Å². The van der Waals surface area contributed by atoms with Crippen molar-refractivity contribution in [2.75, 3.05) is 13.2 Å². The van der Waals surface area contributed by atoms with Crippen LogP contribution in [0.1, 0.15) is 5.89 Å². The van der Waals surface area contributed by atoms with E-state index in [9.17, 15) is 18.0 Å². The summed E-state index contributed by atoms with van der Waals surface area (Å²) in [6.07, 6.45) is -2.94. The van der Waals surface area contributed by atoms with Crippen LogP contribution < -0.4 is 5.32 Å². The predicted octanol–water partition coefficient (Wildman–Crippen LogP) is 2.54. The second kappa shape index (κ2) is 7.08. The van der Waals surface area contributed by atoms with Gasteiger partial charge in [-0.2, -0.15) is 13.2 Å². The highest BCUT2D eigenvalue weighted by Gasteiger charge is 2.27. The highest BCUT2D eigenvalue weighted by Crippen LogP contribution is 2.19. The van der Waals surface area contributed by atoms with Crippen molar-refractivity contribution in [3.05, 3.63) is 42.4 Å². The van der Waals surface area contributed by atoms with E-state index >= 15 is 0 Å². The number of amides is 1. The maximum absolute atomic E-state index is 11.8. The van der Waals surface area contributed by atoms with Crippen molar-refractivity contribution in [1.82, 2.24) is 10.3 Å². The van der Waals surface area contributed by atoms with Gasteiger partial charge < -0.3 is 14.5 Å². The van der Waals surface area contributed by atoms with Gasteiger partial charge in [-0.1, -0.05) is 30.3 Å². The maximum atomic E-state index is 11.8. The minimum absolute atomic E-state index is 0.0267. The molecule has 1 aromatic heterocycles. The number of nitrogens with one attached hydrogen (secondary N) is 1. The van der Waals surface area contributed by atoms with Crippen molar-refractivity contribution in [3.8, 4) is 11.3 Å². The number of halogens is 3. The lowest BCUT2D eigenvalue weighted by molar-refractivity contribution is -0.175. The quantitative estimate of drug-likeness (QED) is 0.890. The smallest absolute Gasteiger partial charge is 0.411 e. The lowest BCUT2D eigenvalue weighted by Gasteiger charge is -2.07. The molecule has 0 aliphatic heterocycles. The van der Waals surface area contributed by atoms with Crippen LogP contribution in [0.5, 0.6) is 0 Å². The number of hydrogen-bond donors (Lipinski definition) is 1. The van der Waals surface area contributed by atoms with Crippen molar-refractivity contribution in [3.63, 3.8) is 0 Å². The van der Waals surface area contributed by atoms with Crippen molar-refractivity contribution < 1.29 is 27.1 Å². The van der Waals surface area contributed by atoms with Gasteiger partial charge in [-0.05, 0) is 0 Å². The van der Waals surface area contributed by atoms with Gasteiger partial charge in [0.05, 0.1) is 12.7 Å². The average Bonchev–Trinajstić information content (AvgIpc) is 2.94. The van der Waals surface area contributed by atoms with Gasteiger partial charge >= 0.3 is 6.18 Å². The van der Waals surface area contributed by atoms with Crippen LogP contribution in [0, 0.1) is 0 Å². The summed E-state index contributed by atoms with van der Waals surface area (Å²) in [5, 5.41) is 2.36. The Balaban J connectivity index is 1.78. The third kappa shape index (κ3) is 5.21. The molecule has 1 amide bonds. The summed E-state index contributed by atoms with van der Waals surface area (Å²) in [7, 11) is 0. The number of oxazole rings is 1. The second-order valence-corrected chi connectivity index (χ2v) is 4.37. The summed E-state index contributed by atoms with van der Waals surface area (Å²) in [5.41, 5.74) is 0.834. The van der Waals surface area contributed by atoms with Crippen LogP contribution in [-0.2, 0) is 16.1 Å². The van der Waals surface area contributed by atoms with Crippen LogP contribution in [-0.4, -0.2) is 30.3 Å². The molecule has 118 valence electrons. The highest BCUT2D eigenvalue weighted by molar-refractivity contribution is 5.77. The van der Waals surface area contributed by atoms with E-state index in [1.54, 1.807) is 0 Å². The number of carbonyl (C=O) groups is 1. The molecule has 0 spiro atoms. The Bertz CT molecular complexity index is 611. The molecule has 2 aromatic rings. The van der Waals surface area contributed by atoms with E-state index < -0.39 is 25.3 Å². The lowest BCUT2D eigenvalue weighted by Crippen LogP contribution is -2.29. The first-order valence-electron chi connectivity index (χ1n) is 6.35. The molecule has 0 saturated heterocycles. The minimum atomic E-state index is -4.45. The fraction of sp³-hybridized carbons (Fsp3) is 0.286. The fourth-order valence-electron chi connectivity index (χ4n) is 1.61. The Morgan fingerprint density at radius 2 is 2.00 bits per heavy atom. The standard InChI is InChI=1S/C14H13F3N2O3/c15-14(16,17)9-21-8-12(20)18-7-13-19-6-11(22-13)10-4-2-1-3-5-10/h1-6H,7-9H2,(H,18,20). The van der Waals surface area contributed by atoms with Crippen LogP contribution in [0.3, 0.4) is 0 Å². The molecule has 1 aromatic carbocycles. The average molecular weight is 314 g/mol. The summed E-state index contributed by atoms with van der Waals surface area (Å²) in [5.74, 6) is 0.116. The van der Waals surface area contributed by atoms with Crippen LogP contribution in [0.4, 0.5) is 13.2 Å². The zero-order chi connectivity index (χ0) is 16.0. The number of aromatic nitrogens is 1. The molecule has 1 heterocycles. The molecule has 0 aliphatic rings. The van der Waals surface area contributed by atoms with E-state index in [4.69, 9.17) is 4.42 Å². The van der Waals surface area contributed by atoms with Crippen LogP contribution in [0.15, 0.2) is 40.9 Å². The Hall–Kier alpha value is -2.35. The Morgan fingerprint density at radius 1 is 1.27 bits per heavy atom. The first-order chi connectivity index (χ1) is 10.4. The normalized spacial score (nSPS) is 11.4. The number of hydrogen-bond acceptors (Lipinski definition) is 4. The zero-order valence-corrected chi connectivity index (χ0v) is 11.4. The monoisotopic (exact) mass is 314 g/mol. The molecule has 22 heavy (non-hydrogen) atoms. The largest absolute Gasteiger partial charge is 0.439 e. The maximum Gasteiger partial charge on any atom is 0.411 e. The molecule has 8 heteroatoms. The molecule has 2 rings (SSSR count). The molecule has 0 fully saturated rings. The molecule has 0 bridgehead atoms. The molecule has 0 unspecified atom stereocenters. The number of ether oxygens (including phenoxy) is 1. The number of nitrogens with zero attached hydrogens (tertiary/aromatic N) is 1. The summed E-state index contributed by atoms with van der Waals surface area (Å²) in [6, 6.07) is 9.23. The van der Waals surface area contributed by atoms with Gasteiger partial charge in [0.2, 0.25) is 11.8 Å². The Labute approximate surface area is 124 Å². The van der Waals surface area contributed by atoms with Gasteiger partial charge in [-0.15, -0.1) is 0 Å². The molecular weight excluding hydrogens is 301 g/mol. The Morgan fingerprint density at radius 3 is 2.68 bits per heavy atom. The highest BCUT2D eigenvalue weighted by atomic mass is 19.4. The predicted molar refractivity (Wildman–Crippen MR) is 70.7 cm³/mol. The Kier molecular flexibility index (Phi) is 5.16. The SMILES string of the molecule is O=C(COCC(F)(F)F)NCc1ncc(-c2ccccc2)o1. The summed E-state index contributed by atoms with van der Waals surface area (Å²) >= 11 is 0. The molecule has 0 atom stereocenters. The number of rotatable bonds is 6. The lowest BCUT2D eigenvalue weighted by atomic mass is 10.2. The van der Waals surface area contributed by atoms with Gasteiger partial charge in [0.15, 0.2) is 5.76 Å². The van der Waals surface area contributed by atoms with E-state index in [1.807, 2.05) is 30.3 Å². The topological polar surface area (TPSA) is 64.4 Å². The van der Waals surface area contributed by atoms with Crippen LogP contribution in [0.25, 0.3) is 11.3 Å². The number of alkyl halides is 3. The molecule has 1 N–H and O–H groups in total. The summed E-state index contributed by atoms with van der Waals surface area (Å²) in [6.45, 7) is -2.16. The molecule has 0 radical (unpaired) electrons. The molecule has 0 aliphatic carbocycles. The third-order valence-electron chi connectivity index (χ3n) is 2.55. The van der Waals surface area contributed by atoms with Crippen molar-refractivity contribution in [2.24, 2.45) is 0 Å². The number of benzene rings is 1. The fourth-order valence-corrected chi connectivity index (χ4v) is 1.61. The van der Waals surface area contributed by atoms with Crippen molar-refractivity contribution in [1.29, 1.82) is 0 Å². The summed E-state index contributed by atoms with van der Waals surface area (Å²) < 4.78 is 45.2. The third-order valence-corrected chi connectivity index (χ3v) is 2.55. The van der Waals surface area contributed by atoms with Gasteiger partial charge in [0.25, 0.3) is 0 Å². The minimum Gasteiger partial charge on any atom is -0.439 e. The van der Waals surface area contributed by atoms with Gasteiger partial charge in [0, 0.05) is 5.56 Å². The van der Waals surface area contributed by atoms with Gasteiger partial charge in [0.1, 0.15) is 13.2 Å². The number of carbonyl (C=O) groups excluding carboxylic acids is 1. The van der Waals surface area contributed by atoms with Crippen molar-refractivity contribution >= 4 is 5.91 Å². The molecule has 5 nitrogen and oxygen atoms in total. The van der Waals surface area contributed by atoms with Gasteiger partial charge in [-0.3, -0.25) is 4.79 Å². The first-order valence-corrected chi connectivity index (χ1v) is 6.35. The molecular formula is C14H13F3N2O3. The van der Waals surface area contributed by atoms with E-state index in [0.717, 1.165) is 5.56 Å². The molecule has 0 saturated carbocycles. The zero-order valence-electron chi connectivity index (χ0n) is 11.4.